The van der Waals surface area contributed by atoms with E-state index in [0.717, 1.165) is 48.1 Å². The molecule has 0 radical (unpaired) electrons. The van der Waals surface area contributed by atoms with Gasteiger partial charge in [0.15, 0.2) is 5.82 Å². The predicted octanol–water partition coefficient (Wildman–Crippen LogP) is 2.36. The van der Waals surface area contributed by atoms with Crippen LogP contribution in [0.2, 0.25) is 0 Å². The van der Waals surface area contributed by atoms with Crippen LogP contribution >= 0.6 is 0 Å². The number of hydrogen-bond acceptors (Lipinski definition) is 5. The van der Waals surface area contributed by atoms with Crippen LogP contribution in [-0.4, -0.2) is 27.0 Å². The Bertz CT molecular complexity index is 773. The third kappa shape index (κ3) is 2.43. The number of nitrogens with two attached hydrogens (primary N) is 1. The zero-order valence-electron chi connectivity index (χ0n) is 13.7. The molecule has 3 heterocycles. The van der Waals surface area contributed by atoms with Crippen molar-refractivity contribution in [3.8, 4) is 0 Å². The number of hydrazine groups is 1. The van der Waals surface area contributed by atoms with Crippen molar-refractivity contribution in [2.24, 2.45) is 5.84 Å². The molecule has 2 unspecified atom stereocenters. The molecule has 4 rings (SSSR count). The molecule has 2 atom stereocenters. The zero-order chi connectivity index (χ0) is 16.7. The molecule has 1 aromatic carbocycles. The molecule has 2 aliphatic heterocycles. The van der Waals surface area contributed by atoms with Gasteiger partial charge in [-0.3, -0.25) is 4.79 Å². The minimum Gasteiger partial charge on any atom is -0.328 e. The number of carbonyl (C=O) groups is 1. The number of nitrogens with zero attached hydrogens (tertiary/aromatic N) is 3. The third-order valence-electron chi connectivity index (χ3n) is 5.12. The number of carbonyl (C=O) groups excluding carboxylic acids is 1. The fourth-order valence-electron chi connectivity index (χ4n) is 3.91. The largest absolute Gasteiger partial charge is 0.328 e. The average Bonchev–Trinajstić information content (AvgIpc) is 2.61. The van der Waals surface area contributed by atoms with Crippen LogP contribution in [0.3, 0.4) is 0 Å². The number of hydrogen-bond donors (Lipinski definition) is 2. The van der Waals surface area contributed by atoms with Crippen LogP contribution in [0, 0.1) is 6.92 Å². The molecular weight excluding hydrogens is 302 g/mol. The van der Waals surface area contributed by atoms with E-state index in [1.807, 2.05) is 37.3 Å². The Morgan fingerprint density at radius 1 is 1.25 bits per heavy atom. The lowest BCUT2D eigenvalue weighted by Gasteiger charge is -2.46. The first-order chi connectivity index (χ1) is 11.7. The lowest BCUT2D eigenvalue weighted by Crippen LogP contribution is -2.50. The Hall–Kier alpha value is -2.47. The van der Waals surface area contributed by atoms with E-state index >= 15 is 0 Å². The topological polar surface area (TPSA) is 84.1 Å². The Morgan fingerprint density at radius 3 is 2.79 bits per heavy atom. The molecule has 1 amide bonds. The van der Waals surface area contributed by atoms with Crippen LogP contribution in [0.5, 0.6) is 0 Å². The Kier molecular flexibility index (Phi) is 3.69. The summed E-state index contributed by atoms with van der Waals surface area (Å²) in [6.07, 6.45) is 3.87. The van der Waals surface area contributed by atoms with E-state index in [2.05, 4.69) is 20.5 Å². The van der Waals surface area contributed by atoms with Crippen LogP contribution < -0.4 is 11.3 Å². The van der Waals surface area contributed by atoms with E-state index in [1.165, 1.54) is 0 Å². The van der Waals surface area contributed by atoms with Gasteiger partial charge < -0.3 is 10.3 Å². The molecule has 6 nitrogen and oxygen atoms in total. The van der Waals surface area contributed by atoms with E-state index in [1.54, 1.807) is 0 Å². The maximum atomic E-state index is 13.1. The molecule has 2 aromatic rings. The van der Waals surface area contributed by atoms with Crippen molar-refractivity contribution >= 4 is 11.7 Å². The lowest BCUT2D eigenvalue weighted by atomic mass is 9.82. The van der Waals surface area contributed by atoms with Gasteiger partial charge in [0.2, 0.25) is 0 Å². The molecule has 1 aromatic heterocycles. The number of nitrogens with one attached hydrogen (secondary N) is 1. The average molecular weight is 323 g/mol. The SMILES string of the molecule is Cc1ccc(C(=O)N2C3CCCC2c2cc(NN)nnc2C3)cc1. The van der Waals surface area contributed by atoms with Crippen LogP contribution in [-0.2, 0) is 6.42 Å². The normalized spacial score (nSPS) is 22.0. The van der Waals surface area contributed by atoms with Gasteiger partial charge in [0, 0.05) is 23.6 Å². The molecule has 6 heteroatoms. The lowest BCUT2D eigenvalue weighted by molar-refractivity contribution is 0.0394. The van der Waals surface area contributed by atoms with Crippen molar-refractivity contribution in [3.63, 3.8) is 0 Å². The number of anilines is 1. The Morgan fingerprint density at radius 2 is 2.04 bits per heavy atom. The summed E-state index contributed by atoms with van der Waals surface area (Å²) in [5.41, 5.74) is 6.54. The third-order valence-corrected chi connectivity index (χ3v) is 5.12. The van der Waals surface area contributed by atoms with Gasteiger partial charge in [-0.2, -0.15) is 5.10 Å². The van der Waals surface area contributed by atoms with E-state index in [9.17, 15) is 4.79 Å². The van der Waals surface area contributed by atoms with Crippen LogP contribution in [0.25, 0.3) is 0 Å². The van der Waals surface area contributed by atoms with Crippen molar-refractivity contribution in [2.45, 2.75) is 44.7 Å². The molecule has 124 valence electrons. The first-order valence-electron chi connectivity index (χ1n) is 8.40. The summed E-state index contributed by atoms with van der Waals surface area (Å²) in [5, 5.41) is 8.41. The summed E-state index contributed by atoms with van der Waals surface area (Å²) in [6.45, 7) is 2.03. The predicted molar refractivity (Wildman–Crippen MR) is 91.3 cm³/mol. The summed E-state index contributed by atoms with van der Waals surface area (Å²) in [7, 11) is 0. The van der Waals surface area contributed by atoms with Crippen molar-refractivity contribution in [1.82, 2.24) is 15.1 Å². The van der Waals surface area contributed by atoms with Gasteiger partial charge in [0.1, 0.15) is 0 Å². The van der Waals surface area contributed by atoms with Gasteiger partial charge in [-0.25, -0.2) is 5.84 Å². The van der Waals surface area contributed by atoms with Gasteiger partial charge in [-0.15, -0.1) is 5.10 Å². The number of amides is 1. The number of aromatic nitrogens is 2. The second kappa shape index (κ2) is 5.87. The highest BCUT2D eigenvalue weighted by Gasteiger charge is 2.41. The van der Waals surface area contributed by atoms with Gasteiger partial charge in [0.05, 0.1) is 11.7 Å². The Labute approximate surface area is 141 Å². The second-order valence-corrected chi connectivity index (χ2v) is 6.66. The molecule has 0 aliphatic carbocycles. The molecule has 24 heavy (non-hydrogen) atoms. The molecular formula is C18H21N5O. The van der Waals surface area contributed by atoms with Gasteiger partial charge in [0.25, 0.3) is 5.91 Å². The van der Waals surface area contributed by atoms with Gasteiger partial charge in [-0.05, 0) is 44.4 Å². The summed E-state index contributed by atoms with van der Waals surface area (Å²) >= 11 is 0. The quantitative estimate of drug-likeness (QED) is 0.655. The molecule has 1 fully saturated rings. The number of nitrogen functional groups attached to an aromatic ring is 1. The van der Waals surface area contributed by atoms with Crippen molar-refractivity contribution < 1.29 is 4.79 Å². The number of benzene rings is 1. The number of aryl methyl sites for hydroxylation is 1. The van der Waals surface area contributed by atoms with Crippen molar-refractivity contribution in [3.05, 3.63) is 52.7 Å². The van der Waals surface area contributed by atoms with Crippen LogP contribution in [0.4, 0.5) is 5.82 Å². The van der Waals surface area contributed by atoms with Gasteiger partial charge >= 0.3 is 0 Å². The van der Waals surface area contributed by atoms with Crippen LogP contribution in [0.15, 0.2) is 30.3 Å². The summed E-state index contributed by atoms with van der Waals surface area (Å²) in [5.74, 6) is 6.13. The maximum Gasteiger partial charge on any atom is 0.254 e. The van der Waals surface area contributed by atoms with E-state index in [-0.39, 0.29) is 18.0 Å². The minimum atomic E-state index is 0.0592. The molecule has 2 bridgehead atoms. The molecule has 3 N–H and O–H groups in total. The van der Waals surface area contributed by atoms with Gasteiger partial charge in [-0.1, -0.05) is 17.7 Å². The highest BCUT2D eigenvalue weighted by molar-refractivity contribution is 5.95. The number of fused-ring (bicyclic) bond motifs is 4. The highest BCUT2D eigenvalue weighted by atomic mass is 16.2. The molecule has 2 aliphatic rings. The fourth-order valence-corrected chi connectivity index (χ4v) is 3.91. The minimum absolute atomic E-state index is 0.0592. The van der Waals surface area contributed by atoms with Crippen LogP contribution in [0.1, 0.15) is 52.5 Å². The molecule has 0 spiro atoms. The van der Waals surface area contributed by atoms with E-state index in [0.29, 0.717) is 5.82 Å². The Balaban J connectivity index is 1.73. The standard InChI is InChI=1S/C18H21N5O/c1-11-5-7-12(8-6-11)18(24)23-13-3-2-4-16(23)14-10-17(20-19)22-21-15(14)9-13/h5-8,10,13,16H,2-4,9,19H2,1H3,(H,20,22). The van der Waals surface area contributed by atoms with Crippen molar-refractivity contribution in [2.75, 3.05) is 5.43 Å². The first kappa shape index (κ1) is 15.1. The summed E-state index contributed by atoms with van der Waals surface area (Å²) < 4.78 is 0. The number of rotatable bonds is 2. The monoisotopic (exact) mass is 323 g/mol. The second-order valence-electron chi connectivity index (χ2n) is 6.66. The molecule has 0 saturated carbocycles. The molecule has 1 saturated heterocycles. The zero-order valence-corrected chi connectivity index (χ0v) is 13.7. The van der Waals surface area contributed by atoms with E-state index in [4.69, 9.17) is 5.84 Å². The summed E-state index contributed by atoms with van der Waals surface area (Å²) in [4.78, 5) is 15.2. The highest BCUT2D eigenvalue weighted by Crippen LogP contribution is 2.42. The maximum absolute atomic E-state index is 13.1. The van der Waals surface area contributed by atoms with E-state index < -0.39 is 0 Å². The smallest absolute Gasteiger partial charge is 0.254 e. The summed E-state index contributed by atoms with van der Waals surface area (Å²) in [6, 6.07) is 10.0. The fraction of sp³-hybridized carbons (Fsp3) is 0.389. The number of piperidine rings is 1. The first-order valence-corrected chi connectivity index (χ1v) is 8.40. The van der Waals surface area contributed by atoms with Crippen molar-refractivity contribution in [1.29, 1.82) is 0 Å².